The highest BCUT2D eigenvalue weighted by Crippen LogP contribution is 2.55. The van der Waals surface area contributed by atoms with Crippen LogP contribution >= 0.6 is 0 Å². The Labute approximate surface area is 244 Å². The molecule has 0 saturated heterocycles. The van der Waals surface area contributed by atoms with Gasteiger partial charge in [-0.15, -0.1) is 10.2 Å². The standard InChI is InChI=1S/C33H45N7O/c1-21-7-9-23(10-8-21)17-28(34)20-33(32-35-37-38-36-32)29-15-13-24(22(2)39(3)4)18-25(29)11-12-26-19-27(14-16-30(26)33)31(41)40(5)6/h7-10,14,16,19,24-25,28-29H,2,11-13,15,17-18,20,34H2,1,3-6H3,(H,35,36,37,38)/t24?,25-,28-,29?,33?/m0/s1. The number of hydrogen-bond donors (Lipinski definition) is 2. The van der Waals surface area contributed by atoms with E-state index >= 15 is 0 Å². The lowest BCUT2D eigenvalue weighted by molar-refractivity contribution is 0.0827. The molecule has 41 heavy (non-hydrogen) atoms. The number of nitrogens with zero attached hydrogens (tertiary/aromatic N) is 5. The smallest absolute Gasteiger partial charge is 0.253 e. The zero-order valence-corrected chi connectivity index (χ0v) is 25.2. The van der Waals surface area contributed by atoms with Crippen LogP contribution in [0.5, 0.6) is 0 Å². The van der Waals surface area contributed by atoms with E-state index in [2.05, 4.69) is 89.5 Å². The molecule has 2 aromatic carbocycles. The summed E-state index contributed by atoms with van der Waals surface area (Å²) < 4.78 is 0. The monoisotopic (exact) mass is 555 g/mol. The lowest BCUT2D eigenvalue weighted by atomic mass is 9.56. The molecule has 218 valence electrons. The van der Waals surface area contributed by atoms with Crippen LogP contribution in [0.4, 0.5) is 0 Å². The molecular weight excluding hydrogens is 510 g/mol. The molecule has 5 atom stereocenters. The summed E-state index contributed by atoms with van der Waals surface area (Å²) in [6.45, 7) is 6.54. The van der Waals surface area contributed by atoms with Crippen molar-refractivity contribution in [3.8, 4) is 0 Å². The molecule has 8 nitrogen and oxygen atoms in total. The van der Waals surface area contributed by atoms with Crippen LogP contribution in [-0.4, -0.2) is 70.6 Å². The molecule has 3 aromatic rings. The Bertz CT molecular complexity index is 1360. The fraction of sp³-hybridized carbons (Fsp3) is 0.515. The van der Waals surface area contributed by atoms with Crippen molar-refractivity contribution in [1.29, 1.82) is 0 Å². The van der Waals surface area contributed by atoms with Crippen LogP contribution in [0.2, 0.25) is 0 Å². The highest BCUT2D eigenvalue weighted by Gasteiger charge is 2.53. The van der Waals surface area contributed by atoms with Crippen molar-refractivity contribution in [2.24, 2.45) is 23.5 Å². The van der Waals surface area contributed by atoms with Crippen LogP contribution < -0.4 is 5.73 Å². The third-order valence-corrected chi connectivity index (χ3v) is 9.63. The number of carbonyl (C=O) groups is 1. The molecule has 0 spiro atoms. The molecule has 2 aliphatic rings. The number of aryl methyl sites for hydroxylation is 2. The molecule has 0 aliphatic heterocycles. The summed E-state index contributed by atoms with van der Waals surface area (Å²) in [6.07, 6.45) is 6.59. The Balaban J connectivity index is 1.62. The summed E-state index contributed by atoms with van der Waals surface area (Å²) in [7, 11) is 7.78. The molecular formula is C33H45N7O. The Hall–Kier alpha value is -3.52. The molecule has 8 heteroatoms. The van der Waals surface area contributed by atoms with Gasteiger partial charge in [-0.3, -0.25) is 4.79 Å². The van der Waals surface area contributed by atoms with Crippen molar-refractivity contribution >= 4 is 5.91 Å². The SMILES string of the molecule is C=C(C1CCC2[C@@H](CCc3cc(C(=O)N(C)C)ccc3C2(C[C@@H](N)Cc2ccc(C)cc2)c2nn[nH]n2)C1)N(C)C. The summed E-state index contributed by atoms with van der Waals surface area (Å²) in [6, 6.07) is 14.8. The van der Waals surface area contributed by atoms with Crippen molar-refractivity contribution in [3.63, 3.8) is 0 Å². The van der Waals surface area contributed by atoms with E-state index in [-0.39, 0.29) is 11.9 Å². The molecule has 3 N–H and O–H groups in total. The van der Waals surface area contributed by atoms with Crippen LogP contribution in [0.1, 0.15) is 70.5 Å². The van der Waals surface area contributed by atoms with Gasteiger partial charge < -0.3 is 15.5 Å². The normalized spacial score (nSPS) is 24.5. The third kappa shape index (κ3) is 5.67. The van der Waals surface area contributed by atoms with Crippen molar-refractivity contribution in [2.45, 2.75) is 63.3 Å². The third-order valence-electron chi connectivity index (χ3n) is 9.63. The number of allylic oxidation sites excluding steroid dienone is 1. The summed E-state index contributed by atoms with van der Waals surface area (Å²) >= 11 is 0. The minimum Gasteiger partial charge on any atom is -0.381 e. The molecule has 1 heterocycles. The zero-order valence-electron chi connectivity index (χ0n) is 25.2. The van der Waals surface area contributed by atoms with E-state index in [4.69, 9.17) is 5.73 Å². The number of nitrogens with one attached hydrogen (secondary N) is 1. The van der Waals surface area contributed by atoms with E-state index in [1.165, 1.54) is 28.0 Å². The largest absolute Gasteiger partial charge is 0.381 e. The highest BCUT2D eigenvalue weighted by molar-refractivity contribution is 5.94. The number of benzene rings is 2. The van der Waals surface area contributed by atoms with Gasteiger partial charge in [-0.05, 0) is 98.4 Å². The molecule has 5 rings (SSSR count). The van der Waals surface area contributed by atoms with Gasteiger partial charge in [0.2, 0.25) is 0 Å². The average Bonchev–Trinajstić information content (AvgIpc) is 3.46. The van der Waals surface area contributed by atoms with Gasteiger partial charge in [-0.2, -0.15) is 5.21 Å². The predicted molar refractivity (Wildman–Crippen MR) is 162 cm³/mol. The van der Waals surface area contributed by atoms with Gasteiger partial charge in [0.1, 0.15) is 0 Å². The van der Waals surface area contributed by atoms with Gasteiger partial charge in [0, 0.05) is 45.5 Å². The molecule has 1 saturated carbocycles. The van der Waals surface area contributed by atoms with Gasteiger partial charge in [0.05, 0.1) is 5.41 Å². The van der Waals surface area contributed by atoms with E-state index < -0.39 is 5.41 Å². The number of fused-ring (bicyclic) bond motifs is 2. The van der Waals surface area contributed by atoms with E-state index in [9.17, 15) is 4.79 Å². The fourth-order valence-corrected chi connectivity index (χ4v) is 7.57. The number of rotatable bonds is 8. The maximum absolute atomic E-state index is 13.0. The average molecular weight is 556 g/mol. The number of tetrazole rings is 1. The summed E-state index contributed by atoms with van der Waals surface area (Å²) in [5.74, 6) is 1.91. The minimum atomic E-state index is -0.516. The van der Waals surface area contributed by atoms with Gasteiger partial charge >= 0.3 is 0 Å². The van der Waals surface area contributed by atoms with Crippen LogP contribution in [0.15, 0.2) is 54.7 Å². The first kappa shape index (κ1) is 29.0. The molecule has 1 aromatic heterocycles. The summed E-state index contributed by atoms with van der Waals surface area (Å²) in [5.41, 5.74) is 13.3. The maximum Gasteiger partial charge on any atom is 0.253 e. The molecule has 1 fully saturated rings. The number of amides is 1. The van der Waals surface area contributed by atoms with E-state index in [0.29, 0.717) is 35.6 Å². The highest BCUT2D eigenvalue weighted by atomic mass is 16.2. The first-order valence-corrected chi connectivity index (χ1v) is 14.9. The topological polar surface area (TPSA) is 104 Å². The number of hydrogen-bond acceptors (Lipinski definition) is 6. The maximum atomic E-state index is 13.0. The lowest BCUT2D eigenvalue weighted by Crippen LogP contribution is -2.48. The van der Waals surface area contributed by atoms with Crippen LogP contribution in [0.25, 0.3) is 0 Å². The van der Waals surface area contributed by atoms with Crippen molar-refractivity contribution in [3.05, 3.63) is 88.4 Å². The van der Waals surface area contributed by atoms with Crippen LogP contribution in [0, 0.1) is 24.7 Å². The Morgan fingerprint density at radius 1 is 1.10 bits per heavy atom. The number of nitrogens with two attached hydrogens (primary N) is 1. The van der Waals surface area contributed by atoms with Crippen LogP contribution in [-0.2, 0) is 18.3 Å². The summed E-state index contributed by atoms with van der Waals surface area (Å²) in [5, 5.41) is 16.2. The van der Waals surface area contributed by atoms with E-state index in [0.717, 1.165) is 38.5 Å². The fourth-order valence-electron chi connectivity index (χ4n) is 7.57. The van der Waals surface area contributed by atoms with Gasteiger partial charge in [-0.1, -0.05) is 47.7 Å². The number of carbonyl (C=O) groups excluding carboxylic acids is 1. The Kier molecular flexibility index (Phi) is 8.32. The van der Waals surface area contributed by atoms with Crippen molar-refractivity contribution < 1.29 is 4.79 Å². The molecule has 1 amide bonds. The molecule has 0 bridgehead atoms. The second-order valence-electron chi connectivity index (χ2n) is 12.7. The first-order chi connectivity index (χ1) is 19.6. The van der Waals surface area contributed by atoms with Crippen molar-refractivity contribution in [1.82, 2.24) is 30.4 Å². The second kappa shape index (κ2) is 11.8. The van der Waals surface area contributed by atoms with Crippen molar-refractivity contribution in [2.75, 3.05) is 28.2 Å². The summed E-state index contributed by atoms with van der Waals surface area (Å²) in [4.78, 5) is 16.8. The van der Waals surface area contributed by atoms with E-state index in [1.807, 2.05) is 6.07 Å². The Morgan fingerprint density at radius 2 is 1.85 bits per heavy atom. The Morgan fingerprint density at radius 3 is 2.51 bits per heavy atom. The predicted octanol–water partition coefficient (Wildman–Crippen LogP) is 4.51. The van der Waals surface area contributed by atoms with Gasteiger partial charge in [-0.25, -0.2) is 0 Å². The van der Waals surface area contributed by atoms with Crippen LogP contribution in [0.3, 0.4) is 0 Å². The lowest BCUT2D eigenvalue weighted by Gasteiger charge is -2.47. The first-order valence-electron chi connectivity index (χ1n) is 14.9. The number of aromatic amines is 1. The minimum absolute atomic E-state index is 0.0121. The number of aromatic nitrogens is 4. The molecule has 0 radical (unpaired) electrons. The quantitative estimate of drug-likeness (QED) is 0.424. The molecule has 3 unspecified atom stereocenters. The second-order valence-corrected chi connectivity index (χ2v) is 12.7. The zero-order chi connectivity index (χ0) is 29.3. The van der Waals surface area contributed by atoms with Gasteiger partial charge in [0.15, 0.2) is 5.82 Å². The number of H-pyrrole nitrogens is 1. The van der Waals surface area contributed by atoms with Gasteiger partial charge in [0.25, 0.3) is 5.91 Å². The molecule has 2 aliphatic carbocycles. The van der Waals surface area contributed by atoms with E-state index in [1.54, 1.807) is 19.0 Å².